The van der Waals surface area contributed by atoms with Crippen LogP contribution >= 0.6 is 11.3 Å². The van der Waals surface area contributed by atoms with Gasteiger partial charge in [0.15, 0.2) is 5.13 Å². The molecule has 1 amide bonds. The van der Waals surface area contributed by atoms with Crippen LogP contribution in [-0.2, 0) is 0 Å². The maximum absolute atomic E-state index is 12.5. The number of anilines is 2. The lowest BCUT2D eigenvalue weighted by Gasteiger charge is -2.25. The van der Waals surface area contributed by atoms with Gasteiger partial charge in [-0.05, 0) is 26.7 Å². The van der Waals surface area contributed by atoms with Crippen molar-refractivity contribution in [1.82, 2.24) is 9.88 Å². The van der Waals surface area contributed by atoms with E-state index in [1.54, 1.807) is 4.90 Å². The quantitative estimate of drug-likeness (QED) is 0.841. The highest BCUT2D eigenvalue weighted by atomic mass is 32.1. The first-order valence-electron chi connectivity index (χ1n) is 7.28. The van der Waals surface area contributed by atoms with Crippen LogP contribution in [0.1, 0.15) is 50.2 Å². The highest BCUT2D eigenvalue weighted by molar-refractivity contribution is 7.18. The minimum atomic E-state index is -0.0212. The highest BCUT2D eigenvalue weighted by Crippen LogP contribution is 2.29. The van der Waals surface area contributed by atoms with Crippen LogP contribution in [0.15, 0.2) is 0 Å². The number of carbonyl (C=O) groups excluding carboxylic acids is 1. The predicted molar refractivity (Wildman–Crippen MR) is 86.6 cm³/mol. The summed E-state index contributed by atoms with van der Waals surface area (Å²) < 4.78 is 0. The van der Waals surface area contributed by atoms with Crippen molar-refractivity contribution in [3.05, 3.63) is 4.88 Å². The summed E-state index contributed by atoms with van der Waals surface area (Å²) in [5.74, 6) is 0.326. The number of thiazole rings is 1. The van der Waals surface area contributed by atoms with Gasteiger partial charge in [0.2, 0.25) is 0 Å². The Morgan fingerprint density at radius 2 is 1.80 bits per heavy atom. The van der Waals surface area contributed by atoms with Gasteiger partial charge in [-0.15, -0.1) is 0 Å². The van der Waals surface area contributed by atoms with Crippen molar-refractivity contribution < 1.29 is 4.79 Å². The van der Waals surface area contributed by atoms with Crippen molar-refractivity contribution >= 4 is 28.2 Å². The van der Waals surface area contributed by atoms with Gasteiger partial charge in [-0.3, -0.25) is 4.79 Å². The van der Waals surface area contributed by atoms with E-state index in [1.165, 1.54) is 11.3 Å². The maximum atomic E-state index is 12.5. The second kappa shape index (κ2) is 7.47. The molecule has 0 radical (unpaired) electrons. The summed E-state index contributed by atoms with van der Waals surface area (Å²) in [6.45, 7) is 10.0. The first-order chi connectivity index (χ1) is 9.49. The van der Waals surface area contributed by atoms with E-state index >= 15 is 0 Å². The van der Waals surface area contributed by atoms with Gasteiger partial charge in [-0.2, -0.15) is 0 Å². The van der Waals surface area contributed by atoms with E-state index in [-0.39, 0.29) is 11.9 Å². The SMILES string of the molecule is CCC(CC)N(C)C(=O)c1sc(N(CC)CC)nc1N. The molecule has 1 rings (SSSR count). The zero-order valence-electron chi connectivity index (χ0n) is 13.1. The lowest BCUT2D eigenvalue weighted by molar-refractivity contribution is 0.0729. The normalized spacial score (nSPS) is 10.9. The van der Waals surface area contributed by atoms with Gasteiger partial charge in [-0.25, -0.2) is 4.98 Å². The topological polar surface area (TPSA) is 62.5 Å². The van der Waals surface area contributed by atoms with Crippen molar-refractivity contribution in [1.29, 1.82) is 0 Å². The third-order valence-corrected chi connectivity index (χ3v) is 4.80. The van der Waals surface area contributed by atoms with Crippen molar-refractivity contribution in [2.45, 2.75) is 46.6 Å². The molecule has 2 N–H and O–H groups in total. The fourth-order valence-electron chi connectivity index (χ4n) is 2.27. The molecule has 0 spiro atoms. The largest absolute Gasteiger partial charge is 0.382 e. The molecule has 0 aliphatic rings. The molecule has 0 fully saturated rings. The monoisotopic (exact) mass is 298 g/mol. The first kappa shape index (κ1) is 16.8. The Balaban J connectivity index is 2.99. The maximum Gasteiger partial charge on any atom is 0.267 e. The molecule has 5 nitrogen and oxygen atoms in total. The lowest BCUT2D eigenvalue weighted by Crippen LogP contribution is -2.36. The molecule has 20 heavy (non-hydrogen) atoms. The Kier molecular flexibility index (Phi) is 6.26. The Morgan fingerprint density at radius 1 is 1.25 bits per heavy atom. The number of hydrogen-bond acceptors (Lipinski definition) is 5. The molecule has 0 saturated heterocycles. The van der Waals surface area contributed by atoms with E-state index in [4.69, 9.17) is 5.73 Å². The smallest absolute Gasteiger partial charge is 0.267 e. The average molecular weight is 298 g/mol. The number of amides is 1. The van der Waals surface area contributed by atoms with Crippen LogP contribution in [0.25, 0.3) is 0 Å². The number of nitrogens with two attached hydrogens (primary N) is 1. The summed E-state index contributed by atoms with van der Waals surface area (Å²) in [6, 6.07) is 0.251. The Hall–Kier alpha value is -1.30. The summed E-state index contributed by atoms with van der Waals surface area (Å²) in [5.41, 5.74) is 5.94. The van der Waals surface area contributed by atoms with Gasteiger partial charge in [0.25, 0.3) is 5.91 Å². The van der Waals surface area contributed by atoms with Crippen LogP contribution in [0, 0.1) is 0 Å². The first-order valence-corrected chi connectivity index (χ1v) is 8.09. The van der Waals surface area contributed by atoms with E-state index in [9.17, 15) is 4.79 Å². The average Bonchev–Trinajstić information content (AvgIpc) is 2.82. The molecule has 0 aliphatic heterocycles. The lowest BCUT2D eigenvalue weighted by atomic mass is 10.1. The standard InChI is InChI=1S/C14H26N4OS/c1-6-10(7-2)17(5)13(19)11-12(15)16-14(20-11)18(8-3)9-4/h10H,6-9,15H2,1-5H3. The number of carbonyl (C=O) groups is 1. The van der Waals surface area contributed by atoms with Crippen molar-refractivity contribution in [3.8, 4) is 0 Å². The van der Waals surface area contributed by atoms with Crippen LogP contribution in [0.5, 0.6) is 0 Å². The Morgan fingerprint density at radius 3 is 2.25 bits per heavy atom. The van der Waals surface area contributed by atoms with E-state index in [0.29, 0.717) is 10.7 Å². The van der Waals surface area contributed by atoms with E-state index < -0.39 is 0 Å². The third kappa shape index (κ3) is 3.42. The van der Waals surface area contributed by atoms with Gasteiger partial charge in [-0.1, -0.05) is 25.2 Å². The summed E-state index contributed by atoms with van der Waals surface area (Å²) in [5, 5.41) is 0.828. The number of nitrogens with zero attached hydrogens (tertiary/aromatic N) is 3. The number of hydrogen-bond donors (Lipinski definition) is 1. The minimum Gasteiger partial charge on any atom is -0.382 e. The van der Waals surface area contributed by atoms with Crippen LogP contribution in [0.3, 0.4) is 0 Å². The molecule has 0 aromatic carbocycles. The van der Waals surface area contributed by atoms with Gasteiger partial charge in [0, 0.05) is 26.2 Å². The summed E-state index contributed by atoms with van der Waals surface area (Å²) in [6.07, 6.45) is 1.89. The molecule has 0 aliphatic carbocycles. The zero-order valence-corrected chi connectivity index (χ0v) is 14.0. The van der Waals surface area contributed by atoms with Gasteiger partial charge >= 0.3 is 0 Å². The van der Waals surface area contributed by atoms with Gasteiger partial charge in [0.05, 0.1) is 0 Å². The summed E-state index contributed by atoms with van der Waals surface area (Å²) >= 11 is 1.39. The summed E-state index contributed by atoms with van der Waals surface area (Å²) in [4.78, 5) is 21.3. The van der Waals surface area contributed by atoms with Crippen LogP contribution in [-0.4, -0.2) is 42.0 Å². The molecule has 0 saturated carbocycles. The van der Waals surface area contributed by atoms with Crippen LogP contribution < -0.4 is 10.6 Å². The van der Waals surface area contributed by atoms with Gasteiger partial charge < -0.3 is 15.5 Å². The molecule has 1 aromatic rings. The third-order valence-electron chi connectivity index (χ3n) is 3.68. The molecule has 0 bridgehead atoms. The number of nitrogen functional groups attached to an aromatic ring is 1. The second-order valence-corrected chi connectivity index (χ2v) is 5.75. The minimum absolute atomic E-state index is 0.0212. The molecule has 0 atom stereocenters. The summed E-state index contributed by atoms with van der Waals surface area (Å²) in [7, 11) is 1.84. The number of rotatable bonds is 7. The molecule has 1 aromatic heterocycles. The van der Waals surface area contributed by atoms with Crippen molar-refractivity contribution in [3.63, 3.8) is 0 Å². The zero-order chi connectivity index (χ0) is 15.3. The predicted octanol–water partition coefficient (Wildman–Crippen LogP) is 2.83. The molecule has 1 heterocycles. The van der Waals surface area contributed by atoms with Gasteiger partial charge in [0.1, 0.15) is 10.7 Å². The van der Waals surface area contributed by atoms with E-state index in [1.807, 2.05) is 7.05 Å². The van der Waals surface area contributed by atoms with Crippen molar-refractivity contribution in [2.75, 3.05) is 30.8 Å². The Labute approximate surface area is 125 Å². The van der Waals surface area contributed by atoms with Crippen LogP contribution in [0.2, 0.25) is 0 Å². The molecule has 6 heteroatoms. The molecular weight excluding hydrogens is 272 g/mol. The Bertz CT molecular complexity index is 438. The molecule has 114 valence electrons. The van der Waals surface area contributed by atoms with E-state index in [2.05, 4.69) is 37.6 Å². The van der Waals surface area contributed by atoms with Crippen LogP contribution in [0.4, 0.5) is 10.9 Å². The fraction of sp³-hybridized carbons (Fsp3) is 0.714. The number of aromatic nitrogens is 1. The van der Waals surface area contributed by atoms with Crippen molar-refractivity contribution in [2.24, 2.45) is 0 Å². The fourth-order valence-corrected chi connectivity index (χ4v) is 3.36. The highest BCUT2D eigenvalue weighted by Gasteiger charge is 2.24. The molecular formula is C14H26N4OS. The second-order valence-electron chi connectivity index (χ2n) is 4.77. The van der Waals surface area contributed by atoms with E-state index in [0.717, 1.165) is 31.1 Å². The molecule has 0 unspecified atom stereocenters.